The number of hydrogen-bond donors (Lipinski definition) is 1. The molecular weight excluding hydrogens is 330 g/mol. The van der Waals surface area contributed by atoms with Crippen LogP contribution in [0.2, 0.25) is 0 Å². The smallest absolute Gasteiger partial charge is 0.169 e. The van der Waals surface area contributed by atoms with Gasteiger partial charge in [-0.3, -0.25) is 0 Å². The fourth-order valence-corrected chi connectivity index (χ4v) is 2.39. The van der Waals surface area contributed by atoms with E-state index in [4.69, 9.17) is 5.73 Å². The van der Waals surface area contributed by atoms with E-state index in [1.807, 2.05) is 13.8 Å². The number of nitrogens with two attached hydrogens (primary N) is 1. The van der Waals surface area contributed by atoms with E-state index >= 15 is 0 Å². The van der Waals surface area contributed by atoms with Crippen LogP contribution in [0.5, 0.6) is 0 Å². The summed E-state index contributed by atoms with van der Waals surface area (Å²) in [5.74, 6) is -0.413. The molecule has 0 fully saturated rings. The molecule has 0 radical (unpaired) electrons. The van der Waals surface area contributed by atoms with Crippen LogP contribution in [0.15, 0.2) is 16.6 Å². The lowest BCUT2D eigenvalue weighted by atomic mass is 10.1. The van der Waals surface area contributed by atoms with Gasteiger partial charge in [-0.15, -0.1) is 10.2 Å². The van der Waals surface area contributed by atoms with Crippen molar-refractivity contribution in [1.82, 2.24) is 14.8 Å². The quantitative estimate of drug-likeness (QED) is 0.926. The summed E-state index contributed by atoms with van der Waals surface area (Å²) in [6, 6.07) is 2.41. The van der Waals surface area contributed by atoms with Crippen molar-refractivity contribution in [2.75, 3.05) is 0 Å². The monoisotopic (exact) mass is 344 g/mol. The van der Waals surface area contributed by atoms with E-state index < -0.39 is 11.6 Å². The van der Waals surface area contributed by atoms with Crippen molar-refractivity contribution in [3.8, 4) is 11.4 Å². The highest BCUT2D eigenvalue weighted by molar-refractivity contribution is 9.10. The van der Waals surface area contributed by atoms with Crippen molar-refractivity contribution >= 4 is 15.9 Å². The minimum Gasteiger partial charge on any atom is -0.324 e. The maximum atomic E-state index is 14.0. The van der Waals surface area contributed by atoms with Crippen LogP contribution in [0.25, 0.3) is 11.4 Å². The molecule has 4 nitrogen and oxygen atoms in total. The number of benzene rings is 1. The summed E-state index contributed by atoms with van der Waals surface area (Å²) >= 11 is 3.05. The normalized spacial score (nSPS) is 11.3. The van der Waals surface area contributed by atoms with Crippen molar-refractivity contribution in [2.45, 2.75) is 26.9 Å². The molecule has 0 aliphatic rings. The molecular formula is C13H15BrF2N4. The highest BCUT2D eigenvalue weighted by Gasteiger charge is 2.21. The van der Waals surface area contributed by atoms with E-state index in [9.17, 15) is 8.78 Å². The third-order valence-corrected chi connectivity index (χ3v) is 3.25. The second kappa shape index (κ2) is 5.97. The van der Waals surface area contributed by atoms with Crippen LogP contribution in [0, 0.1) is 17.6 Å². The first-order valence-electron chi connectivity index (χ1n) is 6.21. The summed E-state index contributed by atoms with van der Waals surface area (Å²) in [4.78, 5) is 0. The Morgan fingerprint density at radius 1 is 1.25 bits per heavy atom. The summed E-state index contributed by atoms with van der Waals surface area (Å²) in [5.41, 5.74) is 5.42. The number of rotatable bonds is 4. The Labute approximate surface area is 124 Å². The van der Waals surface area contributed by atoms with Crippen LogP contribution in [0.4, 0.5) is 8.78 Å². The molecule has 7 heteroatoms. The van der Waals surface area contributed by atoms with E-state index in [1.165, 1.54) is 12.1 Å². The molecule has 0 saturated heterocycles. The van der Waals surface area contributed by atoms with E-state index in [-0.39, 0.29) is 23.9 Å². The molecule has 2 rings (SSSR count). The van der Waals surface area contributed by atoms with Crippen molar-refractivity contribution in [1.29, 1.82) is 0 Å². The van der Waals surface area contributed by atoms with Crippen LogP contribution in [0.3, 0.4) is 0 Å². The molecule has 0 bridgehead atoms. The van der Waals surface area contributed by atoms with E-state index in [1.54, 1.807) is 4.57 Å². The van der Waals surface area contributed by atoms with Crippen LogP contribution in [-0.2, 0) is 13.1 Å². The molecule has 0 aliphatic carbocycles. The van der Waals surface area contributed by atoms with Gasteiger partial charge in [0, 0.05) is 11.0 Å². The van der Waals surface area contributed by atoms with Crippen molar-refractivity contribution < 1.29 is 8.78 Å². The van der Waals surface area contributed by atoms with E-state index in [2.05, 4.69) is 26.1 Å². The van der Waals surface area contributed by atoms with Crippen molar-refractivity contribution in [2.24, 2.45) is 11.7 Å². The van der Waals surface area contributed by atoms with Gasteiger partial charge in [0.05, 0.1) is 12.1 Å². The van der Waals surface area contributed by atoms with E-state index in [0.717, 1.165) is 0 Å². The van der Waals surface area contributed by atoms with Crippen LogP contribution >= 0.6 is 15.9 Å². The van der Waals surface area contributed by atoms with Gasteiger partial charge in [-0.05, 0) is 18.1 Å². The standard InChI is InChI=1S/C13H15BrF2N4/c1-7(2)6-20-11(5-17)18-19-13(20)12-9(15)3-8(14)4-10(12)16/h3-4,7H,5-6,17H2,1-2H3. The molecule has 2 N–H and O–H groups in total. The van der Waals surface area contributed by atoms with Crippen molar-refractivity contribution in [3.05, 3.63) is 34.1 Å². The molecule has 2 aromatic rings. The molecule has 0 spiro atoms. The van der Waals surface area contributed by atoms with Gasteiger partial charge in [-0.25, -0.2) is 8.78 Å². The second-order valence-corrected chi connectivity index (χ2v) is 5.81. The lowest BCUT2D eigenvalue weighted by molar-refractivity contribution is 0.506. The first kappa shape index (κ1) is 15.1. The molecule has 1 heterocycles. The van der Waals surface area contributed by atoms with Crippen LogP contribution < -0.4 is 5.73 Å². The van der Waals surface area contributed by atoms with Crippen LogP contribution in [-0.4, -0.2) is 14.8 Å². The zero-order valence-corrected chi connectivity index (χ0v) is 12.8. The summed E-state index contributed by atoms with van der Waals surface area (Å²) in [6.07, 6.45) is 0. The number of nitrogens with zero attached hydrogens (tertiary/aromatic N) is 3. The molecule has 0 atom stereocenters. The summed E-state index contributed by atoms with van der Waals surface area (Å²) in [5, 5.41) is 7.81. The van der Waals surface area contributed by atoms with Gasteiger partial charge < -0.3 is 10.3 Å². The predicted octanol–water partition coefficient (Wildman–Crippen LogP) is 3.10. The Morgan fingerprint density at radius 2 is 1.85 bits per heavy atom. The lowest BCUT2D eigenvalue weighted by Crippen LogP contribution is -2.13. The lowest BCUT2D eigenvalue weighted by Gasteiger charge is -2.13. The largest absolute Gasteiger partial charge is 0.324 e. The van der Waals surface area contributed by atoms with E-state index in [0.29, 0.717) is 16.8 Å². The Morgan fingerprint density at radius 3 is 2.35 bits per heavy atom. The summed E-state index contributed by atoms with van der Waals surface area (Å²) in [7, 11) is 0. The van der Waals surface area contributed by atoms with Gasteiger partial charge >= 0.3 is 0 Å². The minimum atomic E-state index is -0.683. The molecule has 0 saturated carbocycles. The Bertz CT molecular complexity index is 602. The zero-order valence-electron chi connectivity index (χ0n) is 11.2. The first-order valence-corrected chi connectivity index (χ1v) is 7.00. The first-order chi connectivity index (χ1) is 9.43. The van der Waals surface area contributed by atoms with Crippen molar-refractivity contribution in [3.63, 3.8) is 0 Å². The Balaban J connectivity index is 2.61. The van der Waals surface area contributed by atoms with Gasteiger partial charge in [-0.2, -0.15) is 0 Å². The molecule has 0 amide bonds. The average molecular weight is 345 g/mol. The fourth-order valence-electron chi connectivity index (χ4n) is 1.98. The Hall–Kier alpha value is -1.34. The molecule has 1 aromatic heterocycles. The van der Waals surface area contributed by atoms with Gasteiger partial charge in [-0.1, -0.05) is 29.8 Å². The van der Waals surface area contributed by atoms with Crippen LogP contribution in [0.1, 0.15) is 19.7 Å². The SMILES string of the molecule is CC(C)Cn1c(CN)nnc1-c1c(F)cc(Br)cc1F. The average Bonchev–Trinajstić information content (AvgIpc) is 2.70. The molecule has 1 aromatic carbocycles. The second-order valence-electron chi connectivity index (χ2n) is 4.89. The summed E-state index contributed by atoms with van der Waals surface area (Å²) < 4.78 is 30.1. The minimum absolute atomic E-state index is 0.166. The van der Waals surface area contributed by atoms with Gasteiger partial charge in [0.2, 0.25) is 0 Å². The van der Waals surface area contributed by atoms with Gasteiger partial charge in [0.25, 0.3) is 0 Å². The number of hydrogen-bond acceptors (Lipinski definition) is 3. The number of aromatic nitrogens is 3. The molecule has 20 heavy (non-hydrogen) atoms. The number of halogens is 3. The Kier molecular flexibility index (Phi) is 4.49. The molecule has 0 unspecified atom stereocenters. The highest BCUT2D eigenvalue weighted by atomic mass is 79.9. The molecule has 108 valence electrons. The predicted molar refractivity (Wildman–Crippen MR) is 75.8 cm³/mol. The summed E-state index contributed by atoms with van der Waals surface area (Å²) in [6.45, 7) is 4.71. The topological polar surface area (TPSA) is 56.7 Å². The third-order valence-electron chi connectivity index (χ3n) is 2.79. The zero-order chi connectivity index (χ0) is 14.9. The highest BCUT2D eigenvalue weighted by Crippen LogP contribution is 2.28. The van der Waals surface area contributed by atoms with Gasteiger partial charge in [0.1, 0.15) is 17.5 Å². The molecule has 0 aliphatic heterocycles. The maximum Gasteiger partial charge on any atom is 0.169 e. The third kappa shape index (κ3) is 2.88. The van der Waals surface area contributed by atoms with Gasteiger partial charge in [0.15, 0.2) is 5.82 Å². The maximum absolute atomic E-state index is 14.0. The fraction of sp³-hybridized carbons (Fsp3) is 0.385.